The van der Waals surface area contributed by atoms with E-state index in [9.17, 15) is 14.4 Å². The van der Waals surface area contributed by atoms with E-state index in [0.717, 1.165) is 26.4 Å². The third kappa shape index (κ3) is 51.6. The molecular formula is C44H97CrO14Si3. The number of ether oxygens (including phenoxy) is 2. The summed E-state index contributed by atoms with van der Waals surface area (Å²) in [6.07, 6.45) is 5.11. The molecule has 18 heteroatoms. The van der Waals surface area contributed by atoms with Gasteiger partial charge in [-0.3, -0.25) is 0 Å². The average Bonchev–Trinajstić information content (AvgIpc) is 3.57. The molecule has 0 N–H and O–H groups in total. The largest absolute Gasteiger partial charge is 3.00 e. The molecule has 62 heavy (non-hydrogen) atoms. The van der Waals surface area contributed by atoms with Crippen LogP contribution in [0.15, 0.2) is 0 Å². The van der Waals surface area contributed by atoms with Crippen molar-refractivity contribution in [2.24, 2.45) is 0 Å². The molecule has 0 saturated carbocycles. The molecule has 14 nitrogen and oxygen atoms in total. The van der Waals surface area contributed by atoms with Crippen LogP contribution in [0.5, 0.6) is 0 Å². The molecule has 0 aromatic carbocycles. The van der Waals surface area contributed by atoms with Gasteiger partial charge in [0.1, 0.15) is 0 Å². The fourth-order valence-corrected chi connectivity index (χ4v) is 11.7. The maximum atomic E-state index is 12.6. The van der Waals surface area contributed by atoms with Crippen molar-refractivity contribution in [3.63, 3.8) is 0 Å². The van der Waals surface area contributed by atoms with E-state index >= 15 is 0 Å². The topological polar surface area (TPSA) is 171 Å². The molecule has 0 spiro atoms. The Morgan fingerprint density at radius 1 is 0.258 bits per heavy atom. The van der Waals surface area contributed by atoms with Gasteiger partial charge in [-0.2, -0.15) is 0 Å². The van der Waals surface area contributed by atoms with Crippen molar-refractivity contribution in [3.8, 4) is 0 Å². The fraction of sp³-hybridized carbons (Fsp3) is 1.00. The molecule has 375 valence electrons. The van der Waals surface area contributed by atoms with E-state index in [1.54, 1.807) is 0 Å². The minimum Gasteiger partial charge on any atom is -0.793 e. The van der Waals surface area contributed by atoms with Crippen LogP contribution in [0.1, 0.15) is 213 Å². The smallest absolute Gasteiger partial charge is 0.793 e. The van der Waals surface area contributed by atoms with Crippen LogP contribution < -0.4 is 14.4 Å². The third-order valence-corrected chi connectivity index (χ3v) is 13.3. The van der Waals surface area contributed by atoms with Gasteiger partial charge in [-0.05, 0) is 213 Å². The van der Waals surface area contributed by atoms with Crippen LogP contribution in [-0.4, -0.2) is 104 Å². The number of hydrogen-bond donors (Lipinski definition) is 0. The van der Waals surface area contributed by atoms with Crippen molar-refractivity contribution < 1.29 is 81.1 Å². The Hall–Kier alpha value is 0.623. The van der Waals surface area contributed by atoms with Gasteiger partial charge < -0.3 is 63.7 Å². The van der Waals surface area contributed by atoms with Gasteiger partial charge in [-0.1, -0.05) is 0 Å². The first-order valence-electron chi connectivity index (χ1n) is 21.9. The van der Waals surface area contributed by atoms with Crippen LogP contribution in [0.2, 0.25) is 0 Å². The van der Waals surface area contributed by atoms with Crippen LogP contribution in [0, 0.1) is 0 Å². The van der Waals surface area contributed by atoms with Gasteiger partial charge in [-0.15, -0.1) is 0 Å². The van der Waals surface area contributed by atoms with E-state index in [0.29, 0.717) is 0 Å². The molecule has 0 amide bonds. The maximum absolute atomic E-state index is 12.6. The molecule has 2 heterocycles. The summed E-state index contributed by atoms with van der Waals surface area (Å²) in [4.78, 5) is 37.9. The molecule has 2 aliphatic heterocycles. The first-order chi connectivity index (χ1) is 26.4. The summed E-state index contributed by atoms with van der Waals surface area (Å²) < 4.78 is 59.5. The van der Waals surface area contributed by atoms with Crippen LogP contribution in [0.25, 0.3) is 0 Å². The summed E-state index contributed by atoms with van der Waals surface area (Å²) in [6, 6.07) is 0. The van der Waals surface area contributed by atoms with E-state index < -0.39 is 77.6 Å². The molecule has 2 saturated heterocycles. The second-order valence-electron chi connectivity index (χ2n) is 24.1. The SMILES string of the molecule is C1CCOC1.C1CCOC1.CC(C)(C)O[Si]([O-])(OC(C)(C)C)OC(C)(C)C.CC(C)(C)O[Si]([O-])(OC(C)(C)C)OC(C)(C)C.CC(C)(C)O[Si]([O-])(OC(C)(C)C)OC(C)(C)C.[Cr+3]. The number of hydrogen-bond acceptors (Lipinski definition) is 14. The molecule has 0 atom stereocenters. The summed E-state index contributed by atoms with van der Waals surface area (Å²) in [7, 11) is -11.7. The molecule has 2 aliphatic rings. The van der Waals surface area contributed by atoms with Crippen LogP contribution in [0.3, 0.4) is 0 Å². The van der Waals surface area contributed by atoms with Crippen molar-refractivity contribution in [1.82, 2.24) is 0 Å². The summed E-state index contributed by atoms with van der Waals surface area (Å²) in [5.74, 6) is 0. The maximum Gasteiger partial charge on any atom is 3.00 e. The molecular weight excluding hydrogens is 889 g/mol. The second kappa shape index (κ2) is 27.0. The van der Waals surface area contributed by atoms with Gasteiger partial charge in [0.05, 0.1) is 50.4 Å². The van der Waals surface area contributed by atoms with Crippen molar-refractivity contribution >= 4 is 27.1 Å². The predicted molar refractivity (Wildman–Crippen MR) is 245 cm³/mol. The van der Waals surface area contributed by atoms with Gasteiger partial charge >= 0.3 is 44.5 Å². The standard InChI is InChI=1S/3C12H27O4Si.2C4H8O.Cr/c3*1-10(2,3)14-17(13,15-11(4,5)6)16-12(7,8)9;2*1-2-4-5-3-1;/h3*1-9H3;2*1-4H2;/q3*-1;;;+3. The Kier molecular flexibility index (Phi) is 30.1. The Morgan fingerprint density at radius 3 is 0.403 bits per heavy atom. The Morgan fingerprint density at radius 2 is 0.355 bits per heavy atom. The molecule has 0 bridgehead atoms. The first-order valence-corrected chi connectivity index (χ1v) is 26.8. The van der Waals surface area contributed by atoms with Crippen molar-refractivity contribution in [1.29, 1.82) is 0 Å². The molecule has 1 radical (unpaired) electrons. The minimum absolute atomic E-state index is 0. The number of rotatable bonds is 9. The van der Waals surface area contributed by atoms with E-state index in [-0.39, 0.29) is 17.4 Å². The Labute approximate surface area is 396 Å². The zero-order chi connectivity index (χ0) is 49.4. The van der Waals surface area contributed by atoms with E-state index in [1.165, 1.54) is 25.7 Å². The van der Waals surface area contributed by atoms with E-state index in [2.05, 4.69) is 0 Å². The fourth-order valence-electron chi connectivity index (χ4n) is 4.58. The predicted octanol–water partition coefficient (Wildman–Crippen LogP) is 8.27. The van der Waals surface area contributed by atoms with Gasteiger partial charge in [0.2, 0.25) is 0 Å². The summed E-state index contributed by atoms with van der Waals surface area (Å²) in [5.41, 5.74) is -5.21. The summed E-state index contributed by atoms with van der Waals surface area (Å²) in [5, 5.41) is 0. The molecule has 0 aliphatic carbocycles. The Bertz CT molecular complexity index is 880. The van der Waals surface area contributed by atoms with Crippen LogP contribution >= 0.6 is 0 Å². The van der Waals surface area contributed by atoms with Gasteiger partial charge in [0, 0.05) is 26.4 Å². The van der Waals surface area contributed by atoms with Crippen LogP contribution in [-0.2, 0) is 66.7 Å². The van der Waals surface area contributed by atoms with Crippen molar-refractivity contribution in [2.75, 3.05) is 26.4 Å². The van der Waals surface area contributed by atoms with Crippen molar-refractivity contribution in [2.45, 2.75) is 263 Å². The van der Waals surface area contributed by atoms with E-state index in [4.69, 9.17) is 49.3 Å². The van der Waals surface area contributed by atoms with Gasteiger partial charge in [-0.25, -0.2) is 0 Å². The molecule has 2 fully saturated rings. The van der Waals surface area contributed by atoms with Crippen molar-refractivity contribution in [3.05, 3.63) is 0 Å². The van der Waals surface area contributed by atoms with E-state index in [1.807, 2.05) is 187 Å². The second-order valence-corrected chi connectivity index (χ2v) is 28.9. The summed E-state index contributed by atoms with van der Waals surface area (Å²) in [6.45, 7) is 53.3. The quantitative estimate of drug-likeness (QED) is 0.202. The minimum atomic E-state index is -3.91. The molecule has 0 unspecified atom stereocenters. The third-order valence-electron chi connectivity index (χ3n) is 5.54. The Balaban J connectivity index is -0.000000360. The zero-order valence-corrected chi connectivity index (χ0v) is 49.1. The normalized spacial score (nSPS) is 16.4. The average molecular weight is 986 g/mol. The van der Waals surface area contributed by atoms with Gasteiger partial charge in [0.25, 0.3) is 0 Å². The molecule has 0 aromatic rings. The van der Waals surface area contributed by atoms with Gasteiger partial charge in [0.15, 0.2) is 0 Å². The first kappa shape index (κ1) is 69.2. The zero-order valence-electron chi connectivity index (χ0n) is 44.8. The van der Waals surface area contributed by atoms with Crippen LogP contribution in [0.4, 0.5) is 0 Å². The molecule has 2 rings (SSSR count). The summed E-state index contributed by atoms with van der Waals surface area (Å²) >= 11 is 0. The molecule has 0 aromatic heterocycles. The monoisotopic (exact) mass is 986 g/mol.